The summed E-state index contributed by atoms with van der Waals surface area (Å²) in [6.07, 6.45) is 1.69. The van der Waals surface area contributed by atoms with Crippen LogP contribution in [0.4, 0.5) is 0 Å². The summed E-state index contributed by atoms with van der Waals surface area (Å²) in [5, 5.41) is 2.78. The maximum atomic E-state index is 11.9. The van der Waals surface area contributed by atoms with E-state index < -0.39 is 0 Å². The number of pyridine rings is 1. The lowest BCUT2D eigenvalue weighted by atomic mass is 10.3. The van der Waals surface area contributed by atoms with Crippen LogP contribution in [0.15, 0.2) is 16.7 Å². The Morgan fingerprint density at radius 1 is 1.72 bits per heavy atom. The van der Waals surface area contributed by atoms with Crippen LogP contribution in [0.2, 0.25) is 0 Å². The van der Waals surface area contributed by atoms with Crippen LogP contribution < -0.4 is 5.32 Å². The second kappa shape index (κ2) is 5.19. The molecule has 5 nitrogen and oxygen atoms in total. The number of nitrogens with one attached hydrogen (secondary N) is 2. The van der Waals surface area contributed by atoms with Crippen LogP contribution in [0.5, 0.6) is 0 Å². The normalized spacial score (nSPS) is 12.6. The highest BCUT2D eigenvalue weighted by molar-refractivity contribution is 9.10. The van der Waals surface area contributed by atoms with Crippen LogP contribution in [-0.2, 0) is 4.79 Å². The predicted molar refractivity (Wildman–Crippen MR) is 76.0 cm³/mol. The van der Waals surface area contributed by atoms with E-state index >= 15 is 0 Å². The number of hydrogen-bond acceptors (Lipinski definition) is 3. The average molecular weight is 329 g/mol. The molecule has 0 spiro atoms. The molecule has 2 heterocycles. The highest BCUT2D eigenvalue weighted by atomic mass is 79.9. The number of carbonyl (C=O) groups is 1. The predicted octanol–water partition coefficient (Wildman–Crippen LogP) is 2.55. The molecule has 0 radical (unpaired) electrons. The molecule has 0 aliphatic carbocycles. The maximum Gasteiger partial charge on any atom is 0.242 e. The Morgan fingerprint density at radius 3 is 3.11 bits per heavy atom. The third kappa shape index (κ3) is 2.32. The second-order valence-electron chi connectivity index (χ2n) is 3.90. The third-order valence-electron chi connectivity index (χ3n) is 2.64. The summed E-state index contributed by atoms with van der Waals surface area (Å²) < 4.78 is 3.08. The van der Waals surface area contributed by atoms with Crippen LogP contribution >= 0.6 is 28.1 Å². The van der Waals surface area contributed by atoms with E-state index in [9.17, 15) is 4.79 Å². The van der Waals surface area contributed by atoms with Crippen molar-refractivity contribution in [1.82, 2.24) is 19.9 Å². The first-order chi connectivity index (χ1) is 8.54. The van der Waals surface area contributed by atoms with E-state index in [1.54, 1.807) is 17.7 Å². The maximum absolute atomic E-state index is 11.9. The molecule has 18 heavy (non-hydrogen) atoms. The minimum atomic E-state index is -0.389. The van der Waals surface area contributed by atoms with E-state index in [2.05, 4.69) is 31.2 Å². The lowest BCUT2D eigenvalue weighted by Gasteiger charge is -2.13. The minimum absolute atomic E-state index is 0.0702. The quantitative estimate of drug-likeness (QED) is 0.851. The first-order valence-corrected chi connectivity index (χ1v) is 6.78. The monoisotopic (exact) mass is 328 g/mol. The molecular formula is C11H13BrN4OS. The number of H-pyrrole nitrogens is 1. The summed E-state index contributed by atoms with van der Waals surface area (Å²) >= 11 is 8.60. The van der Waals surface area contributed by atoms with Gasteiger partial charge in [-0.05, 0) is 48.1 Å². The molecule has 7 heteroatoms. The first-order valence-electron chi connectivity index (χ1n) is 5.58. The van der Waals surface area contributed by atoms with Crippen LogP contribution in [0, 0.1) is 4.77 Å². The molecule has 1 atom stereocenters. The van der Waals surface area contributed by atoms with Gasteiger partial charge in [-0.15, -0.1) is 0 Å². The van der Waals surface area contributed by atoms with Gasteiger partial charge in [-0.1, -0.05) is 0 Å². The van der Waals surface area contributed by atoms with Gasteiger partial charge in [-0.2, -0.15) is 0 Å². The van der Waals surface area contributed by atoms with Gasteiger partial charge in [0.1, 0.15) is 6.04 Å². The highest BCUT2D eigenvalue weighted by Gasteiger charge is 2.18. The summed E-state index contributed by atoms with van der Waals surface area (Å²) in [6, 6.07) is 1.50. The Hall–Kier alpha value is -1.21. The van der Waals surface area contributed by atoms with Gasteiger partial charge in [0, 0.05) is 17.2 Å². The van der Waals surface area contributed by atoms with E-state index in [1.165, 1.54) is 0 Å². The molecule has 0 aliphatic heterocycles. The van der Waals surface area contributed by atoms with Crippen molar-refractivity contribution in [3.05, 3.63) is 21.5 Å². The van der Waals surface area contributed by atoms with Crippen molar-refractivity contribution >= 4 is 45.2 Å². The summed E-state index contributed by atoms with van der Waals surface area (Å²) in [5.74, 6) is -0.0702. The van der Waals surface area contributed by atoms with Crippen molar-refractivity contribution < 1.29 is 4.79 Å². The van der Waals surface area contributed by atoms with Gasteiger partial charge < -0.3 is 10.3 Å². The molecule has 2 aromatic rings. The zero-order chi connectivity index (χ0) is 13.3. The number of nitrogens with zero attached hydrogens (tertiary/aromatic N) is 2. The van der Waals surface area contributed by atoms with Gasteiger partial charge in [0.2, 0.25) is 5.91 Å². The van der Waals surface area contributed by atoms with E-state index in [1.807, 2.05) is 13.0 Å². The molecule has 0 bridgehead atoms. The molecule has 96 valence electrons. The number of hydrogen-bond donors (Lipinski definition) is 2. The van der Waals surface area contributed by atoms with E-state index in [-0.39, 0.29) is 11.9 Å². The lowest BCUT2D eigenvalue weighted by Crippen LogP contribution is -2.30. The smallest absolute Gasteiger partial charge is 0.242 e. The van der Waals surface area contributed by atoms with Crippen molar-refractivity contribution in [3.8, 4) is 0 Å². The van der Waals surface area contributed by atoms with Crippen LogP contribution in [0.25, 0.3) is 11.2 Å². The second-order valence-corrected chi connectivity index (χ2v) is 5.20. The number of aromatic nitrogens is 3. The number of likely N-dealkylation sites (N-methyl/N-ethyl adjacent to an activating group) is 1. The summed E-state index contributed by atoms with van der Waals surface area (Å²) in [7, 11) is 0. The van der Waals surface area contributed by atoms with Gasteiger partial charge >= 0.3 is 0 Å². The molecule has 2 rings (SSSR count). The Kier molecular flexibility index (Phi) is 3.82. The summed E-state index contributed by atoms with van der Waals surface area (Å²) in [5.41, 5.74) is 1.49. The topological polar surface area (TPSA) is 62.7 Å². The molecule has 0 aliphatic rings. The first kappa shape index (κ1) is 13.2. The van der Waals surface area contributed by atoms with Crippen LogP contribution in [-0.4, -0.2) is 27.0 Å². The van der Waals surface area contributed by atoms with Crippen LogP contribution in [0.1, 0.15) is 19.9 Å². The molecule has 2 aromatic heterocycles. The third-order valence-corrected chi connectivity index (χ3v) is 3.37. The summed E-state index contributed by atoms with van der Waals surface area (Å²) in [6.45, 7) is 4.28. The van der Waals surface area contributed by atoms with Crippen molar-refractivity contribution in [1.29, 1.82) is 0 Å². The summed E-state index contributed by atoms with van der Waals surface area (Å²) in [4.78, 5) is 19.2. The Bertz CT molecular complexity index is 648. The number of carbonyl (C=O) groups excluding carboxylic acids is 1. The van der Waals surface area contributed by atoms with Gasteiger partial charge in [0.05, 0.1) is 5.52 Å². The number of halogens is 1. The Balaban J connectivity index is 2.54. The largest absolute Gasteiger partial charge is 0.355 e. The molecule has 0 saturated heterocycles. The van der Waals surface area contributed by atoms with Crippen molar-refractivity contribution in [2.24, 2.45) is 0 Å². The van der Waals surface area contributed by atoms with Gasteiger partial charge in [-0.3, -0.25) is 9.36 Å². The zero-order valence-corrected chi connectivity index (χ0v) is 12.4. The number of amides is 1. The number of rotatable bonds is 3. The Labute approximate surface area is 118 Å². The number of imidazole rings is 1. The molecule has 0 saturated carbocycles. The average Bonchev–Trinajstić information content (AvgIpc) is 2.63. The molecule has 1 amide bonds. The van der Waals surface area contributed by atoms with E-state index in [0.29, 0.717) is 17.0 Å². The molecule has 2 N–H and O–H groups in total. The molecule has 1 unspecified atom stereocenters. The minimum Gasteiger partial charge on any atom is -0.355 e. The van der Waals surface area contributed by atoms with Gasteiger partial charge in [-0.25, -0.2) is 4.98 Å². The fraction of sp³-hybridized carbons (Fsp3) is 0.364. The standard InChI is InChI=1S/C11H13BrN4OS/c1-3-13-10(17)6(2)16-9-8(15-11(16)18)4-7(12)5-14-9/h4-6H,3H2,1-2H3,(H,13,17)(H,15,18). The lowest BCUT2D eigenvalue weighted by molar-refractivity contribution is -0.123. The highest BCUT2D eigenvalue weighted by Crippen LogP contribution is 2.20. The number of fused-ring (bicyclic) bond motifs is 1. The van der Waals surface area contributed by atoms with E-state index in [4.69, 9.17) is 12.2 Å². The fourth-order valence-corrected chi connectivity index (χ4v) is 2.47. The Morgan fingerprint density at radius 2 is 2.44 bits per heavy atom. The van der Waals surface area contributed by atoms with E-state index in [0.717, 1.165) is 9.99 Å². The molecule has 0 aromatic carbocycles. The van der Waals surface area contributed by atoms with Gasteiger partial charge in [0.15, 0.2) is 10.4 Å². The fourth-order valence-electron chi connectivity index (χ4n) is 1.79. The number of aromatic amines is 1. The van der Waals surface area contributed by atoms with Gasteiger partial charge in [0.25, 0.3) is 0 Å². The van der Waals surface area contributed by atoms with Crippen molar-refractivity contribution in [3.63, 3.8) is 0 Å². The molecule has 0 fully saturated rings. The zero-order valence-electron chi connectivity index (χ0n) is 10.0. The van der Waals surface area contributed by atoms with Crippen LogP contribution in [0.3, 0.4) is 0 Å². The van der Waals surface area contributed by atoms with Crippen molar-refractivity contribution in [2.75, 3.05) is 6.54 Å². The SMILES string of the molecule is CCNC(=O)C(C)n1c(=S)[nH]c2cc(Br)cnc21. The molecular weight excluding hydrogens is 316 g/mol. The van der Waals surface area contributed by atoms with Crippen molar-refractivity contribution in [2.45, 2.75) is 19.9 Å².